The van der Waals surface area contributed by atoms with Crippen molar-refractivity contribution in [3.63, 3.8) is 0 Å². The van der Waals surface area contributed by atoms with Crippen molar-refractivity contribution in [2.45, 2.75) is 138 Å². The summed E-state index contributed by atoms with van der Waals surface area (Å²) in [5.74, 6) is 0.242. The largest absolute Gasteiger partial charge is 0.507 e. The first-order valence-corrected chi connectivity index (χ1v) is 17.1. The lowest BCUT2D eigenvalue weighted by Crippen LogP contribution is -2.24. The highest BCUT2D eigenvalue weighted by molar-refractivity contribution is 8.18. The summed E-state index contributed by atoms with van der Waals surface area (Å²) in [4.78, 5) is 2.23. The Balaban J connectivity index is 2.68. The van der Waals surface area contributed by atoms with Gasteiger partial charge in [-0.2, -0.15) is 8.42 Å². The molecule has 2 rings (SSSR count). The van der Waals surface area contributed by atoms with Crippen molar-refractivity contribution >= 4 is 33.6 Å². The van der Waals surface area contributed by atoms with Crippen molar-refractivity contribution < 1.29 is 17.7 Å². The Bertz CT molecular complexity index is 1260. The van der Waals surface area contributed by atoms with Gasteiger partial charge >= 0.3 is 0 Å². The number of hydrogen-bond acceptors (Lipinski definition) is 6. The van der Waals surface area contributed by atoms with Gasteiger partial charge in [0.05, 0.1) is 11.2 Å². The van der Waals surface area contributed by atoms with E-state index in [0.717, 1.165) is 37.6 Å². The van der Waals surface area contributed by atoms with Crippen molar-refractivity contribution in [2.75, 3.05) is 7.11 Å². The number of benzene rings is 2. The first kappa shape index (κ1) is 35.0. The summed E-state index contributed by atoms with van der Waals surface area (Å²) < 4.78 is 29.9. The van der Waals surface area contributed by atoms with E-state index in [9.17, 15) is 13.5 Å². The fourth-order valence-electron chi connectivity index (χ4n) is 4.83. The zero-order chi connectivity index (χ0) is 31.3. The Labute approximate surface area is 253 Å². The van der Waals surface area contributed by atoms with Crippen molar-refractivity contribution in [1.82, 2.24) is 0 Å². The van der Waals surface area contributed by atoms with Gasteiger partial charge in [0, 0.05) is 20.9 Å². The number of phenols is 1. The molecule has 40 heavy (non-hydrogen) atoms. The first-order chi connectivity index (χ1) is 17.7. The molecule has 0 saturated heterocycles. The fraction of sp³-hybridized carbons (Fsp3) is 0.636. The third-order valence-electron chi connectivity index (χ3n) is 6.84. The van der Waals surface area contributed by atoms with E-state index in [2.05, 4.69) is 121 Å². The Morgan fingerprint density at radius 3 is 1.20 bits per heavy atom. The zero-order valence-corrected chi connectivity index (χ0v) is 29.9. The van der Waals surface area contributed by atoms with Gasteiger partial charge in [-0.1, -0.05) is 83.1 Å². The van der Waals surface area contributed by atoms with Gasteiger partial charge in [-0.05, 0) is 76.5 Å². The number of rotatable bonds is 7. The summed E-state index contributed by atoms with van der Waals surface area (Å²) in [5, 5.41) is 11.2. The molecule has 0 heterocycles. The van der Waals surface area contributed by atoms with Gasteiger partial charge in [0.25, 0.3) is 10.1 Å². The molecule has 2 aromatic carbocycles. The third-order valence-corrected chi connectivity index (χ3v) is 10.4. The van der Waals surface area contributed by atoms with Gasteiger partial charge < -0.3 is 5.11 Å². The molecule has 0 aliphatic heterocycles. The van der Waals surface area contributed by atoms with Crippen molar-refractivity contribution in [3.05, 3.63) is 52.1 Å². The van der Waals surface area contributed by atoms with E-state index in [0.29, 0.717) is 5.75 Å². The lowest BCUT2D eigenvalue weighted by Gasteiger charge is -2.33. The van der Waals surface area contributed by atoms with E-state index in [1.807, 2.05) is 0 Å². The second-order valence-electron chi connectivity index (χ2n) is 15.3. The van der Waals surface area contributed by atoms with Crippen LogP contribution in [0.1, 0.15) is 125 Å². The molecule has 0 spiro atoms. The Kier molecular flexibility index (Phi) is 10.1. The Morgan fingerprint density at radius 1 is 0.625 bits per heavy atom. The van der Waals surface area contributed by atoms with Gasteiger partial charge in [-0.3, -0.25) is 4.18 Å². The molecule has 2 aromatic rings. The molecule has 1 N–H and O–H groups in total. The Morgan fingerprint density at radius 2 is 0.925 bits per heavy atom. The highest BCUT2D eigenvalue weighted by Crippen LogP contribution is 2.50. The molecule has 0 unspecified atom stereocenters. The molecule has 0 aliphatic carbocycles. The predicted molar refractivity (Wildman–Crippen MR) is 175 cm³/mol. The molecule has 0 atom stereocenters. The summed E-state index contributed by atoms with van der Waals surface area (Å²) in [5.41, 5.74) is 3.89. The van der Waals surface area contributed by atoms with Gasteiger partial charge in [0.15, 0.2) is 0 Å². The minimum atomic E-state index is -3.69. The number of phenolic OH excluding ortho intramolecular Hbond substituents is 1. The zero-order valence-electron chi connectivity index (χ0n) is 27.4. The topological polar surface area (TPSA) is 63.6 Å². The molecule has 0 saturated carbocycles. The molecule has 0 radical (unpaired) electrons. The van der Waals surface area contributed by atoms with E-state index >= 15 is 0 Å². The van der Waals surface area contributed by atoms with Crippen molar-refractivity contribution in [1.29, 1.82) is 0 Å². The van der Waals surface area contributed by atoms with Crippen LogP contribution in [0.5, 0.6) is 5.75 Å². The van der Waals surface area contributed by atoms with Gasteiger partial charge in [0.2, 0.25) is 0 Å². The van der Waals surface area contributed by atoms with Crippen LogP contribution in [0.4, 0.5) is 0 Å². The summed E-state index contributed by atoms with van der Waals surface area (Å²) in [6.45, 7) is 30.0. The maximum atomic E-state index is 12.6. The van der Waals surface area contributed by atoms with Gasteiger partial charge in [-0.15, -0.1) is 23.5 Å². The summed E-state index contributed by atoms with van der Waals surface area (Å²) in [6, 6.07) is 8.61. The SMILES string of the molecule is COS(=O)(=O)Cc1c(C(C)(C)C)cc(SC(C)(C)Sc2cc(C(C)(C)C)c(O)c(C(C)(C)C)c2)cc1C(C)(C)C. The van der Waals surface area contributed by atoms with Crippen LogP contribution in [0, 0.1) is 0 Å². The highest BCUT2D eigenvalue weighted by Gasteiger charge is 2.32. The summed E-state index contributed by atoms with van der Waals surface area (Å²) in [6.07, 6.45) is 0. The molecule has 0 bridgehead atoms. The van der Waals surface area contributed by atoms with Crippen LogP contribution in [-0.2, 0) is 41.7 Å². The Hall–Kier alpha value is -1.15. The average Bonchev–Trinajstić information content (AvgIpc) is 2.71. The van der Waals surface area contributed by atoms with Crippen LogP contribution < -0.4 is 0 Å². The summed E-state index contributed by atoms with van der Waals surface area (Å²) >= 11 is 3.57. The second kappa shape index (κ2) is 11.5. The maximum Gasteiger partial charge on any atom is 0.271 e. The molecule has 226 valence electrons. The number of aromatic hydroxyl groups is 1. The number of thioether (sulfide) groups is 2. The van der Waals surface area contributed by atoms with Crippen LogP contribution in [-0.4, -0.2) is 24.7 Å². The van der Waals surface area contributed by atoms with Crippen LogP contribution in [0.15, 0.2) is 34.1 Å². The molecule has 0 fully saturated rings. The minimum absolute atomic E-state index is 0.148. The van der Waals surface area contributed by atoms with E-state index in [1.165, 1.54) is 7.11 Å². The van der Waals surface area contributed by atoms with Crippen LogP contribution >= 0.6 is 23.5 Å². The predicted octanol–water partition coefficient (Wildman–Crippen LogP) is 9.68. The fourth-order valence-corrected chi connectivity index (χ4v) is 8.20. The molecule has 0 aliphatic rings. The molecule has 0 aromatic heterocycles. The first-order valence-electron chi connectivity index (χ1n) is 13.9. The van der Waals surface area contributed by atoms with Crippen LogP contribution in [0.25, 0.3) is 0 Å². The summed E-state index contributed by atoms with van der Waals surface area (Å²) in [7, 11) is -2.47. The van der Waals surface area contributed by atoms with Crippen LogP contribution in [0.2, 0.25) is 0 Å². The smallest absolute Gasteiger partial charge is 0.271 e. The standard InChI is InChI=1S/C33H52O4S3/c1-29(2,3)24-16-21(17-25(30(4,5)6)23(24)20-40(35,36)37-15)38-33(13,14)39-22-18-26(31(7,8)9)28(34)27(19-22)32(10,11)12/h16-19,34H,20H2,1-15H3. The van der Waals surface area contributed by atoms with E-state index in [4.69, 9.17) is 4.18 Å². The average molecular weight is 609 g/mol. The van der Waals surface area contributed by atoms with Gasteiger partial charge in [-0.25, -0.2) is 0 Å². The lowest BCUT2D eigenvalue weighted by molar-refractivity contribution is 0.396. The minimum Gasteiger partial charge on any atom is -0.507 e. The van der Waals surface area contributed by atoms with Crippen molar-refractivity contribution in [2.24, 2.45) is 0 Å². The maximum absolute atomic E-state index is 12.6. The van der Waals surface area contributed by atoms with E-state index < -0.39 is 10.1 Å². The second-order valence-corrected chi connectivity index (χ2v) is 20.7. The molecule has 4 nitrogen and oxygen atoms in total. The van der Waals surface area contributed by atoms with Crippen LogP contribution in [0.3, 0.4) is 0 Å². The molecule has 7 heteroatoms. The van der Waals surface area contributed by atoms with E-state index in [1.54, 1.807) is 23.5 Å². The normalized spacial score (nSPS) is 14.1. The molecule has 0 amide bonds. The quantitative estimate of drug-likeness (QED) is 0.192. The lowest BCUT2D eigenvalue weighted by atomic mass is 9.77. The van der Waals surface area contributed by atoms with E-state index in [-0.39, 0.29) is 31.5 Å². The monoisotopic (exact) mass is 608 g/mol. The molecular formula is C33H52O4S3. The number of hydrogen-bond donors (Lipinski definition) is 1. The third kappa shape index (κ3) is 8.92. The highest BCUT2D eigenvalue weighted by atomic mass is 32.2. The van der Waals surface area contributed by atoms with Crippen molar-refractivity contribution in [3.8, 4) is 5.75 Å². The van der Waals surface area contributed by atoms with Gasteiger partial charge in [0.1, 0.15) is 11.5 Å². The molecular weight excluding hydrogens is 557 g/mol.